The highest BCUT2D eigenvalue weighted by Gasteiger charge is 2.21. The van der Waals surface area contributed by atoms with Crippen LogP contribution in [0.15, 0.2) is 18.2 Å². The number of hydrogen-bond acceptors (Lipinski definition) is 5. The predicted octanol–water partition coefficient (Wildman–Crippen LogP) is 2.02. The van der Waals surface area contributed by atoms with E-state index in [1.165, 1.54) is 25.3 Å². The minimum Gasteiger partial charge on any atom is -0.493 e. The fraction of sp³-hybridized carbons (Fsp3) is 0.438. The number of nitrogens with one attached hydrogen (secondary N) is 1. The van der Waals surface area contributed by atoms with E-state index in [1.807, 2.05) is 6.07 Å². The van der Waals surface area contributed by atoms with Gasteiger partial charge < -0.3 is 14.8 Å². The predicted molar refractivity (Wildman–Crippen MR) is 80.4 cm³/mol. The van der Waals surface area contributed by atoms with Gasteiger partial charge in [0.05, 0.1) is 25.2 Å². The Balaban J connectivity index is 2.56. The number of rotatable bonds is 5. The van der Waals surface area contributed by atoms with Gasteiger partial charge >= 0.3 is 5.97 Å². The monoisotopic (exact) mass is 304 g/mol. The van der Waals surface area contributed by atoms with E-state index in [2.05, 4.69) is 5.32 Å². The van der Waals surface area contributed by atoms with Gasteiger partial charge in [0.25, 0.3) is 0 Å². The molecule has 1 aromatic carbocycles. The first kappa shape index (κ1) is 17.5. The zero-order chi connectivity index (χ0) is 16.8. The molecule has 1 N–H and O–H groups in total. The fourth-order valence-electron chi connectivity index (χ4n) is 1.54. The average molecular weight is 304 g/mol. The van der Waals surface area contributed by atoms with Gasteiger partial charge in [0, 0.05) is 18.0 Å². The summed E-state index contributed by atoms with van der Waals surface area (Å²) in [4.78, 5) is 23.4. The quantitative estimate of drug-likeness (QED) is 0.664. The van der Waals surface area contributed by atoms with E-state index in [9.17, 15) is 9.59 Å². The Morgan fingerprint density at radius 2 is 1.95 bits per heavy atom. The molecule has 0 aliphatic carbocycles. The van der Waals surface area contributed by atoms with E-state index < -0.39 is 11.4 Å². The van der Waals surface area contributed by atoms with Crippen molar-refractivity contribution in [3.8, 4) is 17.6 Å². The summed E-state index contributed by atoms with van der Waals surface area (Å²) >= 11 is 0. The third kappa shape index (κ3) is 5.09. The van der Waals surface area contributed by atoms with Gasteiger partial charge in [-0.3, -0.25) is 9.59 Å². The van der Waals surface area contributed by atoms with E-state index in [0.29, 0.717) is 11.3 Å². The maximum atomic E-state index is 11.8. The fourth-order valence-corrected chi connectivity index (χ4v) is 1.54. The number of nitriles is 1. The summed E-state index contributed by atoms with van der Waals surface area (Å²) in [6, 6.07) is 6.50. The number of carbonyl (C=O) groups excluding carboxylic acids is 2. The van der Waals surface area contributed by atoms with Crippen molar-refractivity contribution < 1.29 is 19.1 Å². The second-order valence-corrected chi connectivity index (χ2v) is 5.71. The summed E-state index contributed by atoms with van der Waals surface area (Å²) in [5.74, 6) is -0.0618. The SMILES string of the molecule is COc1cc(C#N)ccc1OC(=O)CCNC(=O)C(C)(C)C. The molecule has 0 heterocycles. The first-order valence-electron chi connectivity index (χ1n) is 6.85. The molecular weight excluding hydrogens is 284 g/mol. The van der Waals surface area contributed by atoms with Crippen molar-refractivity contribution in [2.24, 2.45) is 5.41 Å². The van der Waals surface area contributed by atoms with Crippen LogP contribution < -0.4 is 14.8 Å². The average Bonchev–Trinajstić information content (AvgIpc) is 2.46. The Kier molecular flexibility index (Phi) is 5.93. The van der Waals surface area contributed by atoms with Gasteiger partial charge in [0.1, 0.15) is 0 Å². The van der Waals surface area contributed by atoms with Crippen LogP contribution in [0, 0.1) is 16.7 Å². The Morgan fingerprint density at radius 3 is 2.50 bits per heavy atom. The molecule has 1 aromatic rings. The molecule has 6 nitrogen and oxygen atoms in total. The van der Waals surface area contributed by atoms with Crippen molar-refractivity contribution in [3.05, 3.63) is 23.8 Å². The van der Waals surface area contributed by atoms with Crippen LogP contribution in [0.1, 0.15) is 32.8 Å². The highest BCUT2D eigenvalue weighted by atomic mass is 16.6. The van der Waals surface area contributed by atoms with E-state index in [-0.39, 0.29) is 24.6 Å². The molecule has 118 valence electrons. The Morgan fingerprint density at radius 1 is 1.27 bits per heavy atom. The largest absolute Gasteiger partial charge is 0.493 e. The molecule has 0 unspecified atom stereocenters. The molecule has 0 spiro atoms. The Labute approximate surface area is 130 Å². The number of amides is 1. The standard InChI is InChI=1S/C16H20N2O4/c1-16(2,3)15(20)18-8-7-14(19)22-12-6-5-11(10-17)9-13(12)21-4/h5-6,9H,7-8H2,1-4H3,(H,18,20). The van der Waals surface area contributed by atoms with Crippen molar-refractivity contribution in [1.29, 1.82) is 5.26 Å². The lowest BCUT2D eigenvalue weighted by molar-refractivity contribution is -0.134. The van der Waals surface area contributed by atoms with Crippen molar-refractivity contribution in [2.45, 2.75) is 27.2 Å². The molecule has 1 rings (SSSR count). The number of hydrogen-bond donors (Lipinski definition) is 1. The Bertz CT molecular complexity index is 597. The molecule has 0 aromatic heterocycles. The first-order valence-corrected chi connectivity index (χ1v) is 6.85. The van der Waals surface area contributed by atoms with Crippen molar-refractivity contribution in [2.75, 3.05) is 13.7 Å². The van der Waals surface area contributed by atoms with Gasteiger partial charge in [0.15, 0.2) is 11.5 Å². The van der Waals surface area contributed by atoms with Crippen LogP contribution in [0.25, 0.3) is 0 Å². The number of carbonyl (C=O) groups is 2. The molecule has 0 aliphatic heterocycles. The lowest BCUT2D eigenvalue weighted by Crippen LogP contribution is -2.36. The smallest absolute Gasteiger partial charge is 0.313 e. The van der Waals surface area contributed by atoms with E-state index in [4.69, 9.17) is 14.7 Å². The molecule has 0 aliphatic rings. The minimum atomic E-state index is -0.500. The topological polar surface area (TPSA) is 88.4 Å². The van der Waals surface area contributed by atoms with Crippen molar-refractivity contribution in [1.82, 2.24) is 5.32 Å². The molecule has 0 saturated carbocycles. The lowest BCUT2D eigenvalue weighted by Gasteiger charge is -2.17. The van der Waals surface area contributed by atoms with Crippen molar-refractivity contribution in [3.63, 3.8) is 0 Å². The molecule has 0 atom stereocenters. The lowest BCUT2D eigenvalue weighted by atomic mass is 9.96. The molecule has 6 heteroatoms. The third-order valence-corrected chi connectivity index (χ3v) is 2.81. The number of benzene rings is 1. The third-order valence-electron chi connectivity index (χ3n) is 2.81. The summed E-state index contributed by atoms with van der Waals surface area (Å²) in [7, 11) is 1.43. The summed E-state index contributed by atoms with van der Waals surface area (Å²) in [5, 5.41) is 11.5. The number of methoxy groups -OCH3 is 1. The van der Waals surface area contributed by atoms with Crippen molar-refractivity contribution >= 4 is 11.9 Å². The van der Waals surface area contributed by atoms with E-state index >= 15 is 0 Å². The van der Waals surface area contributed by atoms with E-state index in [1.54, 1.807) is 20.8 Å². The first-order chi connectivity index (χ1) is 10.3. The number of ether oxygens (including phenoxy) is 2. The van der Waals surface area contributed by atoms with Gasteiger partial charge in [-0.2, -0.15) is 5.26 Å². The van der Waals surface area contributed by atoms with Gasteiger partial charge in [-0.25, -0.2) is 0 Å². The second kappa shape index (κ2) is 7.46. The zero-order valence-corrected chi connectivity index (χ0v) is 13.2. The van der Waals surface area contributed by atoms with E-state index in [0.717, 1.165) is 0 Å². The highest BCUT2D eigenvalue weighted by Crippen LogP contribution is 2.28. The van der Waals surface area contributed by atoms with Gasteiger partial charge in [-0.15, -0.1) is 0 Å². The summed E-state index contributed by atoms with van der Waals surface area (Å²) < 4.78 is 10.3. The zero-order valence-electron chi connectivity index (χ0n) is 13.2. The molecule has 0 bridgehead atoms. The number of esters is 1. The van der Waals surface area contributed by atoms with Gasteiger partial charge in [-0.05, 0) is 12.1 Å². The Hall–Kier alpha value is -2.55. The van der Waals surface area contributed by atoms with Gasteiger partial charge in [-0.1, -0.05) is 20.8 Å². The maximum absolute atomic E-state index is 11.8. The maximum Gasteiger partial charge on any atom is 0.313 e. The van der Waals surface area contributed by atoms with Crippen LogP contribution in [0.3, 0.4) is 0 Å². The van der Waals surface area contributed by atoms with Crippen LogP contribution in [0.2, 0.25) is 0 Å². The normalized spacial score (nSPS) is 10.5. The van der Waals surface area contributed by atoms with Crippen LogP contribution in [0.5, 0.6) is 11.5 Å². The molecular formula is C16H20N2O4. The molecule has 0 saturated heterocycles. The van der Waals surface area contributed by atoms with Crippen LogP contribution in [-0.2, 0) is 9.59 Å². The molecule has 0 fully saturated rings. The molecule has 1 amide bonds. The van der Waals surface area contributed by atoms with Crippen LogP contribution in [0.4, 0.5) is 0 Å². The molecule has 0 radical (unpaired) electrons. The number of nitrogens with zero attached hydrogens (tertiary/aromatic N) is 1. The molecule has 22 heavy (non-hydrogen) atoms. The van der Waals surface area contributed by atoms with Gasteiger partial charge in [0.2, 0.25) is 5.91 Å². The summed E-state index contributed by atoms with van der Waals surface area (Å²) in [6.07, 6.45) is 0.0466. The highest BCUT2D eigenvalue weighted by molar-refractivity contribution is 5.82. The van der Waals surface area contributed by atoms with Crippen LogP contribution >= 0.6 is 0 Å². The van der Waals surface area contributed by atoms with Crippen LogP contribution in [-0.4, -0.2) is 25.5 Å². The summed E-state index contributed by atoms with van der Waals surface area (Å²) in [5.41, 5.74) is -0.0886. The summed E-state index contributed by atoms with van der Waals surface area (Å²) in [6.45, 7) is 5.58. The second-order valence-electron chi connectivity index (χ2n) is 5.71. The minimum absolute atomic E-state index is 0.0466.